The lowest BCUT2D eigenvalue weighted by atomic mass is 10.1. The third-order valence-electron chi connectivity index (χ3n) is 3.88. The zero-order chi connectivity index (χ0) is 20.4. The molecule has 1 N–H and O–H groups in total. The molecule has 2 aromatic rings. The minimum atomic E-state index is -4.00. The molecule has 146 valence electrons. The molecule has 0 radical (unpaired) electrons. The number of nitrogens with zero attached hydrogens (tertiary/aromatic N) is 1. The summed E-state index contributed by atoms with van der Waals surface area (Å²) in [5.41, 5.74) is 1.21. The highest BCUT2D eigenvalue weighted by Gasteiger charge is 2.19. The van der Waals surface area contributed by atoms with Crippen molar-refractivity contribution in [3.8, 4) is 0 Å². The van der Waals surface area contributed by atoms with Crippen molar-refractivity contribution in [2.24, 2.45) is 0 Å². The van der Waals surface area contributed by atoms with Crippen LogP contribution >= 0.6 is 0 Å². The average molecular weight is 412 g/mol. The van der Waals surface area contributed by atoms with Gasteiger partial charge in [-0.2, -0.15) is 0 Å². The number of hydrogen-bond acceptors (Lipinski definition) is 6. The Morgan fingerprint density at radius 1 is 1.07 bits per heavy atom. The highest BCUT2D eigenvalue weighted by atomic mass is 32.2. The lowest BCUT2D eigenvalue weighted by Crippen LogP contribution is -2.25. The van der Waals surface area contributed by atoms with Crippen molar-refractivity contribution in [3.63, 3.8) is 0 Å². The topological polar surface area (TPSA) is 110 Å². The number of carbonyl (C=O) groups is 1. The van der Waals surface area contributed by atoms with Gasteiger partial charge in [0.2, 0.25) is 10.0 Å². The van der Waals surface area contributed by atoms with E-state index in [4.69, 9.17) is 0 Å². The van der Waals surface area contributed by atoms with Crippen molar-refractivity contribution in [2.75, 3.05) is 29.4 Å². The summed E-state index contributed by atoms with van der Waals surface area (Å²) in [4.78, 5) is 11.7. The summed E-state index contributed by atoms with van der Waals surface area (Å²) in [7, 11) is -4.90. The third-order valence-corrected chi connectivity index (χ3v) is 6.47. The van der Waals surface area contributed by atoms with E-state index in [2.05, 4.69) is 9.46 Å². The summed E-state index contributed by atoms with van der Waals surface area (Å²) in [5.74, 6) is -0.638. The van der Waals surface area contributed by atoms with Crippen LogP contribution in [0, 0.1) is 6.92 Å². The maximum absolute atomic E-state index is 12.7. The van der Waals surface area contributed by atoms with Crippen LogP contribution in [-0.4, -0.2) is 43.2 Å². The van der Waals surface area contributed by atoms with Crippen LogP contribution in [0.5, 0.6) is 0 Å². The van der Waals surface area contributed by atoms with Crippen LogP contribution in [0.2, 0.25) is 0 Å². The van der Waals surface area contributed by atoms with Gasteiger partial charge < -0.3 is 4.74 Å². The van der Waals surface area contributed by atoms with Gasteiger partial charge >= 0.3 is 5.97 Å². The number of benzene rings is 2. The van der Waals surface area contributed by atoms with Gasteiger partial charge in [-0.1, -0.05) is 12.1 Å². The van der Waals surface area contributed by atoms with E-state index in [-0.39, 0.29) is 16.1 Å². The number of sulfonamides is 2. The first kappa shape index (κ1) is 20.7. The number of aryl methyl sites for hydroxylation is 1. The highest BCUT2D eigenvalue weighted by Crippen LogP contribution is 2.24. The molecule has 0 spiro atoms. The van der Waals surface area contributed by atoms with Gasteiger partial charge in [0.05, 0.1) is 35.2 Å². The largest absolute Gasteiger partial charge is 0.465 e. The van der Waals surface area contributed by atoms with Crippen LogP contribution in [0.3, 0.4) is 0 Å². The fourth-order valence-corrected chi connectivity index (χ4v) is 3.84. The van der Waals surface area contributed by atoms with Gasteiger partial charge in [0.1, 0.15) is 0 Å². The minimum Gasteiger partial charge on any atom is -0.465 e. The molecule has 0 aliphatic heterocycles. The van der Waals surface area contributed by atoms with E-state index in [0.717, 1.165) is 10.6 Å². The molecule has 0 unspecified atom stereocenters. The second kappa shape index (κ2) is 7.57. The smallest absolute Gasteiger partial charge is 0.338 e. The van der Waals surface area contributed by atoms with Crippen LogP contribution in [0.4, 0.5) is 11.4 Å². The third kappa shape index (κ3) is 4.77. The molecule has 2 rings (SSSR count). The predicted octanol–water partition coefficient (Wildman–Crippen LogP) is 1.98. The fourth-order valence-electron chi connectivity index (χ4n) is 2.27. The molecule has 0 fully saturated rings. The summed E-state index contributed by atoms with van der Waals surface area (Å²) in [6.45, 7) is 1.67. The molecule has 2 aromatic carbocycles. The Balaban J connectivity index is 2.39. The van der Waals surface area contributed by atoms with Gasteiger partial charge in [-0.05, 0) is 42.8 Å². The van der Waals surface area contributed by atoms with Crippen molar-refractivity contribution < 1.29 is 26.4 Å². The van der Waals surface area contributed by atoms with Crippen molar-refractivity contribution in [1.82, 2.24) is 0 Å². The number of anilines is 2. The van der Waals surface area contributed by atoms with E-state index in [1.165, 1.54) is 50.6 Å². The number of rotatable bonds is 6. The van der Waals surface area contributed by atoms with Crippen LogP contribution in [0.1, 0.15) is 15.9 Å². The number of ether oxygens (including phenoxy) is 1. The molecule has 27 heavy (non-hydrogen) atoms. The van der Waals surface area contributed by atoms with Crippen LogP contribution < -0.4 is 9.03 Å². The maximum Gasteiger partial charge on any atom is 0.338 e. The Kier molecular flexibility index (Phi) is 5.81. The van der Waals surface area contributed by atoms with Gasteiger partial charge in [0.15, 0.2) is 0 Å². The highest BCUT2D eigenvalue weighted by molar-refractivity contribution is 7.92. The van der Waals surface area contributed by atoms with Crippen LogP contribution in [0.15, 0.2) is 47.4 Å². The Morgan fingerprint density at radius 2 is 1.74 bits per heavy atom. The number of nitrogens with one attached hydrogen (secondary N) is 1. The number of esters is 1. The molecule has 0 heterocycles. The van der Waals surface area contributed by atoms with Gasteiger partial charge in [-0.25, -0.2) is 21.6 Å². The normalized spacial score (nSPS) is 11.7. The Hall–Kier alpha value is -2.59. The van der Waals surface area contributed by atoms with E-state index < -0.39 is 26.0 Å². The second-order valence-corrected chi connectivity index (χ2v) is 9.55. The van der Waals surface area contributed by atoms with Gasteiger partial charge in [-0.3, -0.25) is 9.03 Å². The monoisotopic (exact) mass is 412 g/mol. The lowest BCUT2D eigenvalue weighted by molar-refractivity contribution is 0.0599. The van der Waals surface area contributed by atoms with E-state index in [0.29, 0.717) is 11.3 Å². The van der Waals surface area contributed by atoms with Gasteiger partial charge in [-0.15, -0.1) is 0 Å². The number of methoxy groups -OCH3 is 1. The molecule has 0 aromatic heterocycles. The first-order chi connectivity index (χ1) is 12.5. The quantitative estimate of drug-likeness (QED) is 0.727. The lowest BCUT2D eigenvalue weighted by Gasteiger charge is -2.18. The molecule has 0 amide bonds. The predicted molar refractivity (Wildman–Crippen MR) is 103 cm³/mol. The van der Waals surface area contributed by atoms with Gasteiger partial charge in [0, 0.05) is 7.05 Å². The van der Waals surface area contributed by atoms with E-state index in [1.807, 2.05) is 0 Å². The molecule has 0 aliphatic rings. The summed E-state index contributed by atoms with van der Waals surface area (Å²) in [6, 6.07) is 10.1. The summed E-state index contributed by atoms with van der Waals surface area (Å²) >= 11 is 0. The molecule has 8 nitrogen and oxygen atoms in total. The molecule has 0 aliphatic carbocycles. The summed E-state index contributed by atoms with van der Waals surface area (Å²) < 4.78 is 56.7. The Bertz CT molecular complexity index is 1080. The molecule has 0 atom stereocenters. The summed E-state index contributed by atoms with van der Waals surface area (Å²) in [6.07, 6.45) is 1.05. The van der Waals surface area contributed by atoms with Crippen molar-refractivity contribution in [3.05, 3.63) is 53.6 Å². The number of hydrogen-bond donors (Lipinski definition) is 1. The maximum atomic E-state index is 12.7. The molecule has 10 heteroatoms. The summed E-state index contributed by atoms with van der Waals surface area (Å²) in [5, 5.41) is 0. The SMILES string of the molecule is COC(=O)c1cc(S(=O)(=O)Nc2cccc(N(C)S(C)(=O)=O)c2)ccc1C. The van der Waals surface area contributed by atoms with E-state index in [9.17, 15) is 21.6 Å². The molecular formula is C17H20N2O6S2. The Morgan fingerprint density at radius 3 is 2.33 bits per heavy atom. The molecular weight excluding hydrogens is 392 g/mol. The molecule has 0 saturated heterocycles. The van der Waals surface area contributed by atoms with Crippen LogP contribution in [-0.2, 0) is 24.8 Å². The van der Waals surface area contributed by atoms with Crippen molar-refractivity contribution in [2.45, 2.75) is 11.8 Å². The van der Waals surface area contributed by atoms with E-state index >= 15 is 0 Å². The molecule has 0 bridgehead atoms. The first-order valence-corrected chi connectivity index (χ1v) is 11.0. The second-order valence-electron chi connectivity index (χ2n) is 5.85. The standard InChI is InChI=1S/C17H20N2O6S2/c1-12-8-9-15(11-16(12)17(20)25-3)27(23,24)18-13-6-5-7-14(10-13)19(2)26(4,21)22/h5-11,18H,1-4H3. The Labute approximate surface area is 158 Å². The van der Waals surface area contributed by atoms with Gasteiger partial charge in [0.25, 0.3) is 10.0 Å². The van der Waals surface area contributed by atoms with Crippen molar-refractivity contribution in [1.29, 1.82) is 0 Å². The first-order valence-electron chi connectivity index (χ1n) is 7.71. The van der Waals surface area contributed by atoms with Crippen molar-refractivity contribution >= 4 is 37.4 Å². The zero-order valence-corrected chi connectivity index (χ0v) is 16.9. The number of carbonyl (C=O) groups excluding carboxylic acids is 1. The van der Waals surface area contributed by atoms with E-state index in [1.54, 1.807) is 13.0 Å². The fraction of sp³-hybridized carbons (Fsp3) is 0.235. The average Bonchev–Trinajstić information content (AvgIpc) is 2.59. The minimum absolute atomic E-state index is 0.115. The zero-order valence-electron chi connectivity index (χ0n) is 15.3. The van der Waals surface area contributed by atoms with Crippen LogP contribution in [0.25, 0.3) is 0 Å². The molecule has 0 saturated carbocycles.